The zero-order valence-electron chi connectivity index (χ0n) is 15.4. The van der Waals surface area contributed by atoms with Crippen molar-refractivity contribution in [2.75, 3.05) is 26.4 Å². The third kappa shape index (κ3) is 8.39. The normalized spacial score (nSPS) is 13.1. The molecule has 1 aromatic rings. The summed E-state index contributed by atoms with van der Waals surface area (Å²) in [5.41, 5.74) is 0.562. The van der Waals surface area contributed by atoms with Gasteiger partial charge in [-0.2, -0.15) is 26.0 Å². The first-order valence-corrected chi connectivity index (χ1v) is 10.1. The highest BCUT2D eigenvalue weighted by Gasteiger charge is 2.59. The fourth-order valence-electron chi connectivity index (χ4n) is 2.05. The Morgan fingerprint density at radius 1 is 0.893 bits per heavy atom. The molecule has 6 nitrogen and oxygen atoms in total. The molecule has 11 heteroatoms. The molecule has 0 saturated carbocycles. The smallest absolute Gasteiger partial charge is 0.379 e. The van der Waals surface area contributed by atoms with Crippen LogP contribution in [0, 0.1) is 0 Å². The van der Waals surface area contributed by atoms with Crippen LogP contribution in [0.3, 0.4) is 0 Å². The van der Waals surface area contributed by atoms with E-state index in [4.69, 9.17) is 9.29 Å². The number of aryl methyl sites for hydroxylation is 1. The molecule has 0 aliphatic rings. The zero-order valence-corrected chi connectivity index (χ0v) is 16.2. The molecule has 0 aromatic heterocycles. The maximum absolute atomic E-state index is 13.5. The van der Waals surface area contributed by atoms with E-state index >= 15 is 0 Å². The molecule has 0 unspecified atom stereocenters. The summed E-state index contributed by atoms with van der Waals surface area (Å²) in [4.78, 5) is -0.311. The Bertz CT molecular complexity index is 679. The number of hydrogen-bond acceptors (Lipinski definition) is 5. The van der Waals surface area contributed by atoms with Crippen molar-refractivity contribution >= 4 is 10.1 Å². The van der Waals surface area contributed by atoms with Crippen molar-refractivity contribution in [1.29, 1.82) is 0 Å². The molecule has 0 amide bonds. The van der Waals surface area contributed by atoms with E-state index in [2.05, 4.69) is 9.47 Å². The topological polar surface area (TPSA) is 82.1 Å². The van der Waals surface area contributed by atoms with Gasteiger partial charge in [-0.1, -0.05) is 25.5 Å². The van der Waals surface area contributed by atoms with Crippen molar-refractivity contribution in [3.05, 3.63) is 29.8 Å². The van der Waals surface area contributed by atoms with Crippen LogP contribution >= 0.6 is 0 Å². The summed E-state index contributed by atoms with van der Waals surface area (Å²) in [6.45, 7) is 0.657. The van der Waals surface area contributed by atoms with Gasteiger partial charge in [-0.05, 0) is 37.0 Å². The quantitative estimate of drug-likeness (QED) is 0.273. The highest BCUT2D eigenvalue weighted by atomic mass is 32.2. The second-order valence-corrected chi connectivity index (χ2v) is 7.34. The lowest BCUT2D eigenvalue weighted by Gasteiger charge is -2.25. The van der Waals surface area contributed by atoms with Crippen LogP contribution in [0.5, 0.6) is 0 Å². The first-order chi connectivity index (χ1) is 13.0. The molecule has 28 heavy (non-hydrogen) atoms. The van der Waals surface area contributed by atoms with Crippen LogP contribution in [0.1, 0.15) is 31.7 Å². The molecule has 162 valence electrons. The number of halogens is 4. The van der Waals surface area contributed by atoms with Gasteiger partial charge < -0.3 is 14.2 Å². The van der Waals surface area contributed by atoms with Gasteiger partial charge in [-0.15, -0.1) is 0 Å². The fraction of sp³-hybridized carbons (Fsp3) is 0.647. The van der Waals surface area contributed by atoms with Gasteiger partial charge in [0.05, 0.1) is 24.7 Å². The first-order valence-electron chi connectivity index (χ1n) is 8.67. The Morgan fingerprint density at radius 3 is 2.00 bits per heavy atom. The van der Waals surface area contributed by atoms with E-state index in [1.54, 1.807) is 0 Å². The van der Waals surface area contributed by atoms with Crippen LogP contribution in [0.25, 0.3) is 0 Å². The maximum atomic E-state index is 13.5. The molecular formula is C17H24F4O6S. The molecule has 0 aliphatic carbocycles. The first kappa shape index (κ1) is 24.8. The second-order valence-electron chi connectivity index (χ2n) is 5.92. The molecule has 0 saturated heterocycles. The van der Waals surface area contributed by atoms with Gasteiger partial charge in [0, 0.05) is 6.61 Å². The van der Waals surface area contributed by atoms with E-state index in [1.165, 1.54) is 12.1 Å². The number of benzene rings is 1. The summed E-state index contributed by atoms with van der Waals surface area (Å²) in [5, 5.41) is 0. The number of alkyl halides is 4. The van der Waals surface area contributed by atoms with E-state index in [0.29, 0.717) is 12.2 Å². The largest absolute Gasteiger partial charge is 0.448 e. The van der Waals surface area contributed by atoms with E-state index in [9.17, 15) is 26.0 Å². The number of ether oxygens (including phenoxy) is 3. The molecule has 0 spiro atoms. The molecule has 0 heterocycles. The SMILES string of the molecule is CCCCOCCOC(F)(F)C(F)(F)OCCCc1ccc(S(=O)(=O)O)cc1. The van der Waals surface area contributed by atoms with E-state index in [1.807, 2.05) is 6.92 Å². The molecule has 1 N–H and O–H groups in total. The Hall–Kier alpha value is -1.27. The minimum Gasteiger partial charge on any atom is -0.379 e. The standard InChI is InChI=1S/C17H24F4O6S/c1-2-3-10-25-12-13-27-17(20,21)16(18,19)26-11-4-5-14-6-8-15(9-7-14)28(22,23)24/h6-9H,2-5,10-13H2,1H3,(H,22,23,24). The Labute approximate surface area is 161 Å². The molecule has 0 fully saturated rings. The van der Waals surface area contributed by atoms with Crippen molar-refractivity contribution in [1.82, 2.24) is 0 Å². The molecule has 1 rings (SSSR count). The third-order valence-corrected chi connectivity index (χ3v) is 4.47. The summed E-state index contributed by atoms with van der Waals surface area (Å²) in [5.74, 6) is 0. The average molecular weight is 432 g/mol. The van der Waals surface area contributed by atoms with Crippen molar-refractivity contribution in [3.8, 4) is 0 Å². The minimum atomic E-state index is -4.80. The molecule has 0 bridgehead atoms. The number of unbranched alkanes of at least 4 members (excludes halogenated alkanes) is 1. The Balaban J connectivity index is 2.37. The van der Waals surface area contributed by atoms with Crippen molar-refractivity contribution in [2.45, 2.75) is 49.7 Å². The van der Waals surface area contributed by atoms with Crippen LogP contribution in [0.2, 0.25) is 0 Å². The Kier molecular flexibility index (Phi) is 9.78. The van der Waals surface area contributed by atoms with Gasteiger partial charge in [0.2, 0.25) is 0 Å². The predicted octanol–water partition coefficient (Wildman–Crippen LogP) is 3.90. The van der Waals surface area contributed by atoms with Gasteiger partial charge in [-0.3, -0.25) is 4.55 Å². The van der Waals surface area contributed by atoms with Crippen LogP contribution < -0.4 is 0 Å². The van der Waals surface area contributed by atoms with Crippen molar-refractivity contribution in [3.63, 3.8) is 0 Å². The van der Waals surface area contributed by atoms with E-state index in [0.717, 1.165) is 25.0 Å². The summed E-state index contributed by atoms with van der Waals surface area (Å²) < 4.78 is 97.5. The van der Waals surface area contributed by atoms with Gasteiger partial charge in [-0.25, -0.2) is 0 Å². The van der Waals surface area contributed by atoms with E-state index in [-0.39, 0.29) is 24.3 Å². The monoisotopic (exact) mass is 432 g/mol. The summed E-state index contributed by atoms with van der Waals surface area (Å²) in [6, 6.07) is 5.03. The average Bonchev–Trinajstić information content (AvgIpc) is 2.61. The lowest BCUT2D eigenvalue weighted by Crippen LogP contribution is -2.45. The van der Waals surface area contributed by atoms with Gasteiger partial charge in [0.1, 0.15) is 0 Å². The van der Waals surface area contributed by atoms with Gasteiger partial charge in [0.15, 0.2) is 0 Å². The lowest BCUT2D eigenvalue weighted by molar-refractivity contribution is -0.431. The van der Waals surface area contributed by atoms with Crippen molar-refractivity contribution in [2.24, 2.45) is 0 Å². The van der Waals surface area contributed by atoms with Gasteiger partial charge in [0.25, 0.3) is 10.1 Å². The molecule has 0 atom stereocenters. The van der Waals surface area contributed by atoms with Crippen molar-refractivity contribution < 1.29 is 44.7 Å². The summed E-state index contributed by atoms with van der Waals surface area (Å²) in [6.07, 6.45) is -7.85. The fourth-order valence-corrected chi connectivity index (χ4v) is 2.53. The molecule has 0 radical (unpaired) electrons. The second kappa shape index (κ2) is 11.1. The molecular weight excluding hydrogens is 408 g/mol. The third-order valence-electron chi connectivity index (χ3n) is 3.61. The van der Waals surface area contributed by atoms with Crippen LogP contribution in [0.15, 0.2) is 29.2 Å². The maximum Gasteiger partial charge on any atom is 0.448 e. The predicted molar refractivity (Wildman–Crippen MR) is 92.1 cm³/mol. The highest BCUT2D eigenvalue weighted by Crippen LogP contribution is 2.36. The zero-order chi connectivity index (χ0) is 21.3. The van der Waals surface area contributed by atoms with Gasteiger partial charge >= 0.3 is 12.2 Å². The molecule has 1 aromatic carbocycles. The Morgan fingerprint density at radius 2 is 1.46 bits per heavy atom. The summed E-state index contributed by atoms with van der Waals surface area (Å²) >= 11 is 0. The van der Waals surface area contributed by atoms with Crippen LogP contribution in [-0.4, -0.2) is 51.6 Å². The highest BCUT2D eigenvalue weighted by molar-refractivity contribution is 7.85. The lowest BCUT2D eigenvalue weighted by atomic mass is 10.1. The van der Waals surface area contributed by atoms with E-state index < -0.39 is 35.5 Å². The van der Waals surface area contributed by atoms with Crippen LogP contribution in [0.4, 0.5) is 17.6 Å². The number of rotatable bonds is 14. The minimum absolute atomic E-state index is 0.0168. The summed E-state index contributed by atoms with van der Waals surface area (Å²) in [7, 11) is -4.33. The number of hydrogen-bond donors (Lipinski definition) is 1. The molecule has 0 aliphatic heterocycles. The van der Waals surface area contributed by atoms with Crippen LogP contribution in [-0.2, 0) is 30.7 Å².